The van der Waals surface area contributed by atoms with E-state index in [9.17, 15) is 0 Å². The molecule has 4 N–H and O–H groups in total. The average molecular weight is 1700 g/mol. The lowest BCUT2D eigenvalue weighted by Gasteiger charge is -2.26. The van der Waals surface area contributed by atoms with Crippen LogP contribution in [0.1, 0.15) is 233 Å². The van der Waals surface area contributed by atoms with Gasteiger partial charge < -0.3 is 29.1 Å². The van der Waals surface area contributed by atoms with Crippen molar-refractivity contribution in [2.75, 3.05) is 0 Å². The zero-order chi connectivity index (χ0) is 90.8. The fourth-order valence-electron chi connectivity index (χ4n) is 20.6. The summed E-state index contributed by atoms with van der Waals surface area (Å²) in [6.07, 6.45) is 9.12. The number of hydrogen-bond donors (Lipinski definition) is 4. The summed E-state index contributed by atoms with van der Waals surface area (Å²) in [5, 5.41) is 4.32. The zero-order valence-corrected chi connectivity index (χ0v) is 79.8. The van der Waals surface area contributed by atoms with Gasteiger partial charge in [-0.25, -0.2) is 19.9 Å². The lowest BCUT2D eigenvalue weighted by atomic mass is 9.78. The second-order valence-corrected chi connectivity index (χ2v) is 45.6. The van der Waals surface area contributed by atoms with Crippen molar-refractivity contribution in [1.82, 2.24) is 49.0 Å². The molecular weight excluding hydrogens is 1580 g/mol. The first-order valence-electron chi connectivity index (χ1n) is 46.6. The number of fused-ring (bicyclic) bond motifs is 12. The predicted molar refractivity (Wildman–Crippen MR) is 554 cm³/mol. The van der Waals surface area contributed by atoms with Crippen molar-refractivity contribution < 1.29 is 0 Å². The van der Waals surface area contributed by atoms with Crippen LogP contribution in [0.15, 0.2) is 218 Å². The van der Waals surface area contributed by atoms with Gasteiger partial charge in [-0.2, -0.15) is 0 Å². The molecular formula is C120H116N10. The van der Waals surface area contributed by atoms with Crippen LogP contribution in [0.3, 0.4) is 0 Å². The molecule has 0 atom stereocenters. The van der Waals surface area contributed by atoms with E-state index >= 15 is 0 Å². The number of rotatable bonds is 5. The maximum atomic E-state index is 6.34. The number of pyridine rings is 2. The molecule has 10 heteroatoms. The molecule has 20 bridgehead atoms. The molecule has 0 radical (unpaired) electrons. The van der Waals surface area contributed by atoms with Crippen LogP contribution >= 0.6 is 0 Å². The molecule has 0 unspecified atom stereocenters. The highest BCUT2D eigenvalue weighted by molar-refractivity contribution is 6.26. The molecule has 646 valence electrons. The molecule has 10 nitrogen and oxygen atoms in total. The normalized spacial score (nSPS) is 13.6. The van der Waals surface area contributed by atoms with Crippen molar-refractivity contribution in [2.24, 2.45) is 0 Å². The van der Waals surface area contributed by atoms with Crippen LogP contribution in [0.25, 0.3) is 223 Å². The molecule has 16 heterocycles. The zero-order valence-electron chi connectivity index (χ0n) is 79.8. The lowest BCUT2D eigenvalue weighted by Crippen LogP contribution is -2.16. The number of hydrogen-bond acceptors (Lipinski definition) is 4. The third-order valence-electron chi connectivity index (χ3n) is 28.2. The molecule has 6 aliphatic rings. The molecule has 0 spiro atoms. The number of aromatic amines is 4. The van der Waals surface area contributed by atoms with Crippen LogP contribution in [0.2, 0.25) is 0 Å². The Balaban J connectivity index is 0.991. The number of H-pyrrole nitrogens is 4. The van der Waals surface area contributed by atoms with Crippen LogP contribution in [-0.2, 0) is 43.3 Å². The minimum Gasteiger partial charge on any atom is -0.354 e. The maximum absolute atomic E-state index is 6.34. The van der Waals surface area contributed by atoms with E-state index in [0.29, 0.717) is 0 Å². The van der Waals surface area contributed by atoms with Crippen molar-refractivity contribution in [3.63, 3.8) is 0 Å². The molecule has 0 fully saturated rings. The Morgan fingerprint density at radius 2 is 0.492 bits per heavy atom. The van der Waals surface area contributed by atoms with E-state index in [0.717, 1.165) is 222 Å². The largest absolute Gasteiger partial charge is 0.354 e. The first-order valence-corrected chi connectivity index (χ1v) is 46.6. The Bertz CT molecular complexity index is 7730. The molecule has 130 heavy (non-hydrogen) atoms. The summed E-state index contributed by atoms with van der Waals surface area (Å²) in [5.41, 5.74) is 43.0. The van der Waals surface area contributed by atoms with E-state index in [1.807, 2.05) is 0 Å². The van der Waals surface area contributed by atoms with Gasteiger partial charge in [-0.15, -0.1) is 0 Å². The Kier molecular flexibility index (Phi) is 17.7. The van der Waals surface area contributed by atoms with Crippen molar-refractivity contribution >= 4 is 134 Å². The topological polar surface area (TPSA) is 125 Å². The Morgan fingerprint density at radius 3 is 0.800 bits per heavy atom. The van der Waals surface area contributed by atoms with E-state index in [-0.39, 0.29) is 43.3 Å². The van der Waals surface area contributed by atoms with Gasteiger partial charge >= 0.3 is 0 Å². The Hall–Kier alpha value is -13.4. The van der Waals surface area contributed by atoms with Gasteiger partial charge in [0.05, 0.1) is 89.3 Å². The van der Waals surface area contributed by atoms with E-state index in [1.54, 1.807) is 0 Å². The summed E-state index contributed by atoms with van der Waals surface area (Å²) in [4.78, 5) is 42.6. The fraction of sp³-hybridized carbons (Fsp3) is 0.267. The standard InChI is InChI=1S/C120H116N10/c1-113(2,3)69-49-65(50-70(57-69)114(4,5)6)101-83-41-45-87(121-83)107(89-47-43-85(123-89)103(67-53-73(117(13,14)15)59-74(54-67)118(16,17)18)93-63-99-111(127-93)105-79-35-27-31-39-97(79)129(99)95-37-29-25-33-77(95)81-61-91(101)125-109(81)105)108-88-46-42-84(122-88)102(66-51-71(115(7,8)9)58-72(52-66)116(10,11)12)92-62-82-78-34-26-30-38-96(78)130-98-40-32-28-36-80(98)106(110(82)126-92)112-100(130)64-94(128-112)104(86-44-48-90(108)124-86)68-55-75(119(19,20)21)60-76(56-68)120(22,23)24/h25-64,123-126H,1-24H3. The van der Waals surface area contributed by atoms with Gasteiger partial charge in [-0.05, 0) is 207 Å². The average Bonchev–Trinajstić information content (AvgIpc) is 1.53. The van der Waals surface area contributed by atoms with Gasteiger partial charge in [0.2, 0.25) is 0 Å². The number of aromatic nitrogens is 10. The molecule has 24 rings (SSSR count). The molecule has 0 saturated heterocycles. The number of nitrogens with one attached hydrogen (secondary N) is 4. The van der Waals surface area contributed by atoms with Crippen molar-refractivity contribution in [3.05, 3.63) is 286 Å². The summed E-state index contributed by atoms with van der Waals surface area (Å²) in [5.74, 6) is 0. The third kappa shape index (κ3) is 13.2. The van der Waals surface area contributed by atoms with Gasteiger partial charge in [-0.1, -0.05) is 312 Å². The smallest absolute Gasteiger partial charge is 0.0978 e. The molecule has 0 aliphatic carbocycles. The van der Waals surface area contributed by atoms with Crippen LogP contribution in [0, 0.1) is 0 Å². The number of benzene rings is 8. The predicted octanol–water partition coefficient (Wildman–Crippen LogP) is 32.7. The Labute approximate surface area is 762 Å². The van der Waals surface area contributed by atoms with Crippen LogP contribution in [0.5, 0.6) is 0 Å². The highest BCUT2D eigenvalue weighted by Gasteiger charge is 2.35. The van der Waals surface area contributed by atoms with Gasteiger partial charge in [-0.3, -0.25) is 0 Å². The van der Waals surface area contributed by atoms with Crippen LogP contribution in [0.4, 0.5) is 0 Å². The monoisotopic (exact) mass is 1700 g/mol. The van der Waals surface area contributed by atoms with Crippen LogP contribution in [-0.4, -0.2) is 49.0 Å². The highest BCUT2D eigenvalue weighted by atomic mass is 15.0. The summed E-state index contributed by atoms with van der Waals surface area (Å²) >= 11 is 0. The minimum atomic E-state index is -0.222. The van der Waals surface area contributed by atoms with Gasteiger partial charge in [0, 0.05) is 110 Å². The van der Waals surface area contributed by atoms with Crippen LogP contribution < -0.4 is 0 Å². The SMILES string of the molecule is CC(C)(C)c1cc(-c2c3nc(c(-c4c5nc(c(-c6cc(C(C)(C)C)cc(C(C)(C)C)c6)c6cc7c([nH]6)c6c8ccccc8n(c8cc(nc68)c(-c6cc(C(C)(C)C)cc(C(C)(C)C)c6)c6ccc4[nH]6)-c4ccccc4-7)C=C5)c4ccc([nH]4)c(-c4cc(C(C)(C)C)cc(C(C)(C)C)c4)c4cc5c(n4)c4c6[nH]c2cc6-c2ccccc2-n5c2ccccc42)C=C3)cc(C(C)(C)C)c1. The summed E-state index contributed by atoms with van der Waals surface area (Å²) in [6, 6.07) is 83.9. The molecule has 8 aromatic carbocycles. The van der Waals surface area contributed by atoms with Crippen molar-refractivity contribution in [1.29, 1.82) is 0 Å². The molecule has 6 aliphatic heterocycles. The fourth-order valence-corrected chi connectivity index (χ4v) is 20.6. The highest BCUT2D eigenvalue weighted by Crippen LogP contribution is 2.53. The maximum Gasteiger partial charge on any atom is 0.0978 e. The number of nitrogens with zero attached hydrogens (tertiary/aromatic N) is 6. The molecule has 18 aromatic rings. The second-order valence-electron chi connectivity index (χ2n) is 45.6. The van der Waals surface area contributed by atoms with Gasteiger partial charge in [0.25, 0.3) is 0 Å². The van der Waals surface area contributed by atoms with Crippen molar-refractivity contribution in [3.8, 4) is 89.3 Å². The second kappa shape index (κ2) is 28.0. The van der Waals surface area contributed by atoms with E-state index in [2.05, 4.69) is 438 Å². The van der Waals surface area contributed by atoms with Gasteiger partial charge in [0.1, 0.15) is 0 Å². The number of para-hydroxylation sites is 4. The first kappa shape index (κ1) is 82.3. The first-order chi connectivity index (χ1) is 61.4. The lowest BCUT2D eigenvalue weighted by molar-refractivity contribution is 0.568. The Morgan fingerprint density at radius 1 is 0.223 bits per heavy atom. The summed E-state index contributed by atoms with van der Waals surface area (Å²) in [6.45, 7) is 56.1. The molecule has 0 saturated carbocycles. The molecule has 0 amide bonds. The summed E-state index contributed by atoms with van der Waals surface area (Å²) < 4.78 is 4.97. The third-order valence-corrected chi connectivity index (χ3v) is 28.2. The summed E-state index contributed by atoms with van der Waals surface area (Å²) in [7, 11) is 0. The van der Waals surface area contributed by atoms with E-state index in [1.165, 1.54) is 44.5 Å². The van der Waals surface area contributed by atoms with Gasteiger partial charge in [0.15, 0.2) is 0 Å². The van der Waals surface area contributed by atoms with E-state index in [4.69, 9.17) is 19.9 Å². The quantitative estimate of drug-likeness (QED) is 0.137. The minimum absolute atomic E-state index is 0.221. The molecule has 10 aromatic heterocycles. The van der Waals surface area contributed by atoms with Crippen molar-refractivity contribution in [2.45, 2.75) is 209 Å². The van der Waals surface area contributed by atoms with E-state index < -0.39 is 0 Å².